The normalized spacial score (nSPS) is 48.9. The fourth-order valence-corrected chi connectivity index (χ4v) is 11.8. The molecule has 0 aromatic carbocycles. The maximum atomic E-state index is 13.3. The number of carboxylic acid groups (broad SMARTS) is 1. The van der Waals surface area contributed by atoms with Gasteiger partial charge < -0.3 is 20.3 Å². The van der Waals surface area contributed by atoms with Crippen LogP contribution in [0, 0.1) is 68.5 Å². The molecule has 1 aliphatic heterocycles. The van der Waals surface area contributed by atoms with Crippen LogP contribution in [0.2, 0.25) is 0 Å². The predicted molar refractivity (Wildman–Crippen MR) is 170 cm³/mol. The van der Waals surface area contributed by atoms with E-state index in [0.29, 0.717) is 42.1 Å². The summed E-state index contributed by atoms with van der Waals surface area (Å²) >= 11 is 0. The molecular weight excluding hydrogens is 522 g/mol. The van der Waals surface area contributed by atoms with Crippen molar-refractivity contribution in [3.63, 3.8) is 0 Å². The van der Waals surface area contributed by atoms with Crippen LogP contribution in [-0.4, -0.2) is 42.5 Å². The van der Waals surface area contributed by atoms with E-state index in [9.17, 15) is 9.90 Å². The summed E-state index contributed by atoms with van der Waals surface area (Å²) in [4.78, 5) is 13.3. The van der Waals surface area contributed by atoms with Crippen molar-refractivity contribution in [3.05, 3.63) is 11.6 Å². The van der Waals surface area contributed by atoms with E-state index in [1.165, 1.54) is 6.42 Å². The number of carboxylic acids is 1. The molecule has 240 valence electrons. The molecule has 0 amide bonds. The summed E-state index contributed by atoms with van der Waals surface area (Å²) in [6, 6.07) is 0. The molecule has 5 rings (SSSR count). The monoisotopic (exact) mass is 585 g/mol. The van der Waals surface area contributed by atoms with E-state index in [-0.39, 0.29) is 44.6 Å². The van der Waals surface area contributed by atoms with Crippen LogP contribution in [0.5, 0.6) is 0 Å². The molecular formula is C37H63NO4. The highest BCUT2D eigenvalue weighted by Crippen LogP contribution is 2.75. The fraction of sp³-hybridized carbons (Fsp3) is 0.919. The molecule has 4 aliphatic carbocycles. The quantitative estimate of drug-likeness (QED) is 0.296. The van der Waals surface area contributed by atoms with E-state index in [0.717, 1.165) is 45.3 Å². The van der Waals surface area contributed by atoms with Crippen LogP contribution in [-0.2, 0) is 14.3 Å². The van der Waals surface area contributed by atoms with E-state index in [1.807, 2.05) is 0 Å². The van der Waals surface area contributed by atoms with Gasteiger partial charge in [0.15, 0.2) is 0 Å². The Kier molecular flexibility index (Phi) is 7.97. The maximum absolute atomic E-state index is 13.3. The summed E-state index contributed by atoms with van der Waals surface area (Å²) in [5.41, 5.74) is 7.38. The predicted octanol–water partition coefficient (Wildman–Crippen LogP) is 7.97. The van der Waals surface area contributed by atoms with Crippen molar-refractivity contribution in [3.8, 4) is 0 Å². The van der Waals surface area contributed by atoms with Gasteiger partial charge in [0.05, 0.1) is 31.8 Å². The Balaban J connectivity index is 1.53. The number of rotatable bonds is 7. The van der Waals surface area contributed by atoms with Gasteiger partial charge in [-0.3, -0.25) is 4.79 Å². The van der Waals surface area contributed by atoms with E-state index in [4.69, 9.17) is 15.2 Å². The molecule has 5 heteroatoms. The Labute approximate surface area is 257 Å². The molecule has 1 saturated heterocycles. The van der Waals surface area contributed by atoms with Crippen LogP contribution in [0.25, 0.3) is 0 Å². The minimum absolute atomic E-state index is 0.0221. The van der Waals surface area contributed by atoms with Gasteiger partial charge in [0.1, 0.15) is 0 Å². The number of carbonyl (C=O) groups is 1. The summed E-state index contributed by atoms with van der Waals surface area (Å²) in [5, 5.41) is 10.9. The van der Waals surface area contributed by atoms with Crippen LogP contribution in [0.15, 0.2) is 11.6 Å². The average Bonchev–Trinajstić information content (AvgIpc) is 2.88. The van der Waals surface area contributed by atoms with Crippen LogP contribution in [0.1, 0.15) is 115 Å². The lowest BCUT2D eigenvalue weighted by Crippen LogP contribution is -2.69. The van der Waals surface area contributed by atoms with E-state index in [1.54, 1.807) is 5.57 Å². The van der Waals surface area contributed by atoms with Gasteiger partial charge in [-0.05, 0) is 97.2 Å². The Hall–Kier alpha value is -0.910. The topological polar surface area (TPSA) is 81.8 Å². The Morgan fingerprint density at radius 1 is 1.10 bits per heavy atom. The fourth-order valence-electron chi connectivity index (χ4n) is 11.8. The van der Waals surface area contributed by atoms with Crippen molar-refractivity contribution < 1.29 is 19.4 Å². The summed E-state index contributed by atoms with van der Waals surface area (Å²) in [6.45, 7) is 27.4. The molecule has 0 radical (unpaired) electrons. The highest BCUT2D eigenvalue weighted by atomic mass is 16.5. The maximum Gasteiger partial charge on any atom is 0.307 e. The molecule has 42 heavy (non-hydrogen) atoms. The number of allylic oxidation sites excluding steroid dienone is 1. The molecule has 12 atom stereocenters. The molecule has 5 aliphatic rings. The number of hydrogen-bond acceptors (Lipinski definition) is 4. The van der Waals surface area contributed by atoms with Gasteiger partial charge in [0.2, 0.25) is 0 Å². The largest absolute Gasteiger partial charge is 0.481 e. The molecule has 0 unspecified atom stereocenters. The summed E-state index contributed by atoms with van der Waals surface area (Å²) < 4.78 is 13.4. The zero-order valence-corrected chi connectivity index (χ0v) is 28.8. The highest BCUT2D eigenvalue weighted by molar-refractivity contribution is 5.73. The second kappa shape index (κ2) is 10.3. The van der Waals surface area contributed by atoms with Gasteiger partial charge >= 0.3 is 5.97 Å². The second-order valence-electron chi connectivity index (χ2n) is 17.9. The lowest BCUT2D eigenvalue weighted by atomic mass is 9.34. The minimum atomic E-state index is -0.588. The molecule has 0 aromatic rings. The van der Waals surface area contributed by atoms with Crippen molar-refractivity contribution in [2.24, 2.45) is 74.2 Å². The SMILES string of the molecule is CC(C)[C@@H](C)[C@@]1(C)CC[C@]2(C)[C@H]3CC[C@@H]4[C@@]5(COC[C@@]4(C)[C@@H](OC[C@](C)(N)C(C)C)[C@H](C)C5)C3=CC[C@@]2(C)[C@@H]1C(=O)O. The Morgan fingerprint density at radius 3 is 2.36 bits per heavy atom. The van der Waals surface area contributed by atoms with E-state index < -0.39 is 5.97 Å². The van der Waals surface area contributed by atoms with Gasteiger partial charge in [0, 0.05) is 16.4 Å². The van der Waals surface area contributed by atoms with Crippen molar-refractivity contribution in [1.29, 1.82) is 0 Å². The standard InChI is InChI=1S/C37H63NO4/c1-22(2)25(6)32(7)16-17-34(9)26-12-13-28-33(8)19-41-21-37(28,27(26)14-15-35(34,10)29(32)31(39)40)18-24(5)30(33)42-20-36(11,38)23(3)4/h14,22-26,28-30H,12-13,15-21,38H2,1-11H3,(H,39,40)/t24-,25-,26+,28+,29-,30+,32-,33-,34-,35+,36+,37+/m1/s1. The van der Waals surface area contributed by atoms with Gasteiger partial charge in [-0.2, -0.15) is 0 Å². The van der Waals surface area contributed by atoms with E-state index in [2.05, 4.69) is 82.2 Å². The first-order chi connectivity index (χ1) is 19.3. The summed E-state index contributed by atoms with van der Waals surface area (Å²) in [5.74, 6) is 1.57. The Bertz CT molecular complexity index is 1100. The highest BCUT2D eigenvalue weighted by Gasteiger charge is 2.71. The number of hydrogen-bond donors (Lipinski definition) is 2. The molecule has 0 spiro atoms. The molecule has 1 heterocycles. The third kappa shape index (κ3) is 4.28. The third-order valence-electron chi connectivity index (χ3n) is 15.3. The number of fused-ring (bicyclic) bond motifs is 3. The lowest BCUT2D eigenvalue weighted by Gasteiger charge is -2.71. The third-order valence-corrected chi connectivity index (χ3v) is 15.3. The van der Waals surface area contributed by atoms with Crippen molar-refractivity contribution in [2.75, 3.05) is 19.8 Å². The first kappa shape index (κ1) is 32.5. The van der Waals surface area contributed by atoms with Crippen molar-refractivity contribution in [1.82, 2.24) is 0 Å². The minimum Gasteiger partial charge on any atom is -0.481 e. The first-order valence-electron chi connectivity index (χ1n) is 17.2. The summed E-state index contributed by atoms with van der Waals surface area (Å²) in [7, 11) is 0. The zero-order chi connectivity index (χ0) is 31.3. The van der Waals surface area contributed by atoms with Gasteiger partial charge in [-0.15, -0.1) is 0 Å². The molecule has 0 aromatic heterocycles. The molecule has 4 fully saturated rings. The van der Waals surface area contributed by atoms with Crippen molar-refractivity contribution >= 4 is 5.97 Å². The van der Waals surface area contributed by atoms with Crippen LogP contribution in [0.3, 0.4) is 0 Å². The molecule has 2 bridgehead atoms. The van der Waals surface area contributed by atoms with Gasteiger partial charge in [0.25, 0.3) is 0 Å². The Morgan fingerprint density at radius 2 is 1.76 bits per heavy atom. The van der Waals surface area contributed by atoms with Gasteiger partial charge in [-0.25, -0.2) is 0 Å². The molecule has 3 saturated carbocycles. The van der Waals surface area contributed by atoms with Crippen LogP contribution < -0.4 is 5.73 Å². The number of nitrogens with two attached hydrogens (primary N) is 1. The smallest absolute Gasteiger partial charge is 0.307 e. The van der Waals surface area contributed by atoms with Gasteiger partial charge in [-0.1, -0.05) is 80.9 Å². The number of ether oxygens (including phenoxy) is 2. The van der Waals surface area contributed by atoms with E-state index >= 15 is 0 Å². The van der Waals surface area contributed by atoms with Crippen LogP contribution >= 0.6 is 0 Å². The zero-order valence-electron chi connectivity index (χ0n) is 28.8. The molecule has 5 nitrogen and oxygen atoms in total. The van der Waals surface area contributed by atoms with Crippen molar-refractivity contribution in [2.45, 2.75) is 126 Å². The summed E-state index contributed by atoms with van der Waals surface area (Å²) in [6.07, 6.45) is 9.03. The average molecular weight is 586 g/mol. The second-order valence-corrected chi connectivity index (χ2v) is 17.9. The first-order valence-corrected chi connectivity index (χ1v) is 17.2. The number of aliphatic carboxylic acids is 1. The molecule has 3 N–H and O–H groups in total. The van der Waals surface area contributed by atoms with Crippen LogP contribution in [0.4, 0.5) is 0 Å². The lowest BCUT2D eigenvalue weighted by molar-refractivity contribution is -0.253.